The van der Waals surface area contributed by atoms with Crippen LogP contribution in [0.25, 0.3) is 16.8 Å². The highest BCUT2D eigenvalue weighted by atomic mass is 16.1. The van der Waals surface area contributed by atoms with Crippen molar-refractivity contribution in [3.63, 3.8) is 0 Å². The van der Waals surface area contributed by atoms with Gasteiger partial charge >= 0.3 is 0 Å². The summed E-state index contributed by atoms with van der Waals surface area (Å²) in [5, 5.41) is 4.47. The van der Waals surface area contributed by atoms with Crippen molar-refractivity contribution in [1.82, 2.24) is 19.2 Å². The maximum Gasteiger partial charge on any atom is 0.276 e. The van der Waals surface area contributed by atoms with Gasteiger partial charge in [-0.05, 0) is 30.7 Å². The van der Waals surface area contributed by atoms with Crippen molar-refractivity contribution in [2.75, 3.05) is 0 Å². The van der Waals surface area contributed by atoms with Crippen LogP contribution >= 0.6 is 0 Å². The second kappa shape index (κ2) is 5.77. The van der Waals surface area contributed by atoms with Crippen molar-refractivity contribution in [3.8, 4) is 11.3 Å². The lowest BCUT2D eigenvalue weighted by Gasteiger charge is -2.06. The molecule has 5 heteroatoms. The molecule has 0 atom stereocenters. The van der Waals surface area contributed by atoms with E-state index in [1.807, 2.05) is 49.5 Å². The van der Waals surface area contributed by atoms with Gasteiger partial charge in [0, 0.05) is 30.4 Å². The smallest absolute Gasteiger partial charge is 0.276 e. The van der Waals surface area contributed by atoms with Crippen LogP contribution in [0.15, 0.2) is 72.0 Å². The second-order valence-electron chi connectivity index (χ2n) is 5.82. The lowest BCUT2D eigenvalue weighted by atomic mass is 10.1. The minimum Gasteiger partial charge on any atom is -0.308 e. The van der Waals surface area contributed by atoms with Gasteiger partial charge in [-0.3, -0.25) is 9.78 Å². The summed E-state index contributed by atoms with van der Waals surface area (Å²) in [5.74, 6) is 0. The van der Waals surface area contributed by atoms with Crippen LogP contribution < -0.4 is 5.56 Å². The molecule has 0 aliphatic rings. The number of pyridine rings is 1. The lowest BCUT2D eigenvalue weighted by Crippen LogP contribution is -2.21. The van der Waals surface area contributed by atoms with E-state index in [0.717, 1.165) is 16.8 Å². The Morgan fingerprint density at radius 2 is 2.00 bits per heavy atom. The molecule has 4 aromatic rings. The average Bonchev–Trinajstić information content (AvgIpc) is 3.03. The molecule has 0 spiro atoms. The summed E-state index contributed by atoms with van der Waals surface area (Å²) >= 11 is 0. The number of aryl methyl sites for hydroxylation is 1. The molecule has 3 heterocycles. The number of nitrogens with zero attached hydrogens (tertiary/aromatic N) is 4. The Bertz CT molecular complexity index is 1060. The van der Waals surface area contributed by atoms with Gasteiger partial charge in [-0.25, -0.2) is 4.52 Å². The molecule has 0 N–H and O–H groups in total. The molecule has 0 aliphatic heterocycles. The first kappa shape index (κ1) is 14.4. The van der Waals surface area contributed by atoms with Gasteiger partial charge in [0.2, 0.25) is 0 Å². The van der Waals surface area contributed by atoms with E-state index in [1.165, 1.54) is 5.56 Å². The summed E-state index contributed by atoms with van der Waals surface area (Å²) in [5.41, 5.74) is 4.43. The van der Waals surface area contributed by atoms with Gasteiger partial charge in [-0.2, -0.15) is 5.10 Å². The van der Waals surface area contributed by atoms with Gasteiger partial charge < -0.3 is 4.57 Å². The van der Waals surface area contributed by atoms with E-state index in [0.29, 0.717) is 12.1 Å². The maximum atomic E-state index is 12.7. The third-order valence-electron chi connectivity index (χ3n) is 4.00. The van der Waals surface area contributed by atoms with Gasteiger partial charge in [0.05, 0.1) is 12.2 Å². The van der Waals surface area contributed by atoms with E-state index >= 15 is 0 Å². The Kier molecular flexibility index (Phi) is 3.46. The molecule has 0 fully saturated rings. The molecule has 4 rings (SSSR count). The van der Waals surface area contributed by atoms with Crippen molar-refractivity contribution in [3.05, 3.63) is 88.7 Å². The lowest BCUT2D eigenvalue weighted by molar-refractivity contribution is 0.742. The van der Waals surface area contributed by atoms with Crippen LogP contribution in [0.3, 0.4) is 0 Å². The fourth-order valence-corrected chi connectivity index (χ4v) is 2.81. The fraction of sp³-hybridized carbons (Fsp3) is 0.105. The summed E-state index contributed by atoms with van der Waals surface area (Å²) in [6, 6.07) is 13.8. The summed E-state index contributed by atoms with van der Waals surface area (Å²) in [4.78, 5) is 16.9. The average molecular weight is 316 g/mol. The molecular weight excluding hydrogens is 300 g/mol. The molecule has 0 aliphatic carbocycles. The van der Waals surface area contributed by atoms with Crippen molar-refractivity contribution in [2.24, 2.45) is 0 Å². The topological polar surface area (TPSA) is 52.2 Å². The molecule has 0 radical (unpaired) electrons. The first-order chi connectivity index (χ1) is 11.7. The summed E-state index contributed by atoms with van der Waals surface area (Å²) < 4.78 is 3.33. The van der Waals surface area contributed by atoms with E-state index in [9.17, 15) is 4.79 Å². The Morgan fingerprint density at radius 3 is 2.79 bits per heavy atom. The Hall–Kier alpha value is -3.21. The molecule has 3 aromatic heterocycles. The van der Waals surface area contributed by atoms with Crippen molar-refractivity contribution in [1.29, 1.82) is 0 Å². The maximum absolute atomic E-state index is 12.7. The normalized spacial score (nSPS) is 11.0. The van der Waals surface area contributed by atoms with Crippen molar-refractivity contribution < 1.29 is 0 Å². The Labute approximate surface area is 138 Å². The summed E-state index contributed by atoms with van der Waals surface area (Å²) in [6.45, 7) is 2.59. The minimum atomic E-state index is -0.0540. The predicted molar refractivity (Wildman–Crippen MR) is 93.0 cm³/mol. The first-order valence-corrected chi connectivity index (χ1v) is 7.75. The fourth-order valence-electron chi connectivity index (χ4n) is 2.81. The van der Waals surface area contributed by atoms with Crippen molar-refractivity contribution >= 4 is 5.52 Å². The van der Waals surface area contributed by atoms with Crippen LogP contribution in [0.1, 0.15) is 11.1 Å². The zero-order valence-corrected chi connectivity index (χ0v) is 13.3. The molecule has 0 unspecified atom stereocenters. The quantitative estimate of drug-likeness (QED) is 0.584. The van der Waals surface area contributed by atoms with Crippen LogP contribution in [0, 0.1) is 6.92 Å². The van der Waals surface area contributed by atoms with Gasteiger partial charge in [0.25, 0.3) is 5.56 Å². The summed E-state index contributed by atoms with van der Waals surface area (Å²) in [6.07, 6.45) is 7.05. The Morgan fingerprint density at radius 1 is 1.08 bits per heavy atom. The molecular formula is C19H16N4O. The van der Waals surface area contributed by atoms with E-state index in [2.05, 4.69) is 16.1 Å². The molecule has 0 saturated heterocycles. The SMILES string of the molecule is Cc1cccc(Cn2ccn3nc(-c4cccnc4)cc3c2=O)c1. The monoisotopic (exact) mass is 316 g/mol. The van der Waals surface area contributed by atoms with E-state index in [-0.39, 0.29) is 5.56 Å². The van der Waals surface area contributed by atoms with E-state index < -0.39 is 0 Å². The van der Waals surface area contributed by atoms with Crippen LogP contribution in [-0.2, 0) is 6.54 Å². The zero-order valence-electron chi connectivity index (χ0n) is 13.3. The molecule has 1 aromatic carbocycles. The highest BCUT2D eigenvalue weighted by molar-refractivity contribution is 5.64. The van der Waals surface area contributed by atoms with Gasteiger partial charge in [0.15, 0.2) is 0 Å². The van der Waals surface area contributed by atoms with Gasteiger partial charge in [-0.1, -0.05) is 29.8 Å². The van der Waals surface area contributed by atoms with E-state index in [1.54, 1.807) is 27.7 Å². The van der Waals surface area contributed by atoms with Gasteiger partial charge in [0.1, 0.15) is 5.52 Å². The second-order valence-corrected chi connectivity index (χ2v) is 5.82. The van der Waals surface area contributed by atoms with Crippen LogP contribution in [-0.4, -0.2) is 19.2 Å². The predicted octanol–water partition coefficient (Wildman–Crippen LogP) is 2.91. The number of fused-ring (bicyclic) bond motifs is 1. The number of hydrogen-bond donors (Lipinski definition) is 0. The molecule has 0 saturated carbocycles. The summed E-state index contributed by atoms with van der Waals surface area (Å²) in [7, 11) is 0. The molecule has 118 valence electrons. The number of hydrogen-bond acceptors (Lipinski definition) is 3. The molecule has 24 heavy (non-hydrogen) atoms. The van der Waals surface area contributed by atoms with Crippen molar-refractivity contribution in [2.45, 2.75) is 13.5 Å². The minimum absolute atomic E-state index is 0.0540. The highest BCUT2D eigenvalue weighted by Gasteiger charge is 2.09. The first-order valence-electron chi connectivity index (χ1n) is 7.75. The third-order valence-corrected chi connectivity index (χ3v) is 4.00. The number of benzene rings is 1. The molecule has 0 bridgehead atoms. The number of aromatic nitrogens is 4. The highest BCUT2D eigenvalue weighted by Crippen LogP contribution is 2.16. The molecule has 0 amide bonds. The third kappa shape index (κ3) is 2.60. The largest absolute Gasteiger partial charge is 0.308 e. The van der Waals surface area contributed by atoms with Gasteiger partial charge in [-0.15, -0.1) is 0 Å². The van der Waals surface area contributed by atoms with Crippen LogP contribution in [0.5, 0.6) is 0 Å². The van der Waals surface area contributed by atoms with Crippen LogP contribution in [0.4, 0.5) is 0 Å². The number of rotatable bonds is 3. The standard InChI is InChI=1S/C19H16N4O/c1-14-4-2-5-15(10-14)13-22-8-9-23-18(19(22)24)11-17(21-23)16-6-3-7-20-12-16/h2-12H,13H2,1H3. The Balaban J connectivity index is 1.76. The molecule has 5 nitrogen and oxygen atoms in total. The zero-order chi connectivity index (χ0) is 16.5. The van der Waals surface area contributed by atoms with E-state index in [4.69, 9.17) is 0 Å². The van der Waals surface area contributed by atoms with Crippen LogP contribution in [0.2, 0.25) is 0 Å².